The monoisotopic (exact) mass is 504 g/mol. The predicted molar refractivity (Wildman–Crippen MR) is 121 cm³/mol. The zero-order valence-electron chi connectivity index (χ0n) is 18.5. The van der Waals surface area contributed by atoms with Crippen LogP contribution in [0.15, 0.2) is 35.4 Å². The van der Waals surface area contributed by atoms with Gasteiger partial charge in [-0.05, 0) is 38.6 Å². The van der Waals surface area contributed by atoms with E-state index in [1.807, 2.05) is 0 Å². The highest BCUT2D eigenvalue weighted by Gasteiger charge is 2.51. The molecule has 0 radical (unpaired) electrons. The Balaban J connectivity index is 1.87. The fourth-order valence-electron chi connectivity index (χ4n) is 3.84. The summed E-state index contributed by atoms with van der Waals surface area (Å²) in [4.78, 5) is 35.6. The first-order valence-corrected chi connectivity index (χ1v) is 10.6. The normalized spacial score (nSPS) is 15.7. The number of anilines is 2. The van der Waals surface area contributed by atoms with Crippen molar-refractivity contribution >= 4 is 40.3 Å². The quantitative estimate of drug-likeness (QED) is 0.397. The summed E-state index contributed by atoms with van der Waals surface area (Å²) in [7, 11) is 0. The van der Waals surface area contributed by atoms with Crippen molar-refractivity contribution in [3.8, 4) is 6.07 Å². The molecule has 4 heterocycles. The number of alkyl halides is 3. The Labute approximate surface area is 201 Å². The van der Waals surface area contributed by atoms with Crippen molar-refractivity contribution in [1.82, 2.24) is 14.4 Å². The molecule has 4 rings (SSSR count). The van der Waals surface area contributed by atoms with Crippen molar-refractivity contribution in [1.29, 1.82) is 5.26 Å². The van der Waals surface area contributed by atoms with Crippen LogP contribution in [0.25, 0.3) is 5.65 Å². The Morgan fingerprint density at radius 3 is 2.46 bits per heavy atom. The minimum Gasteiger partial charge on any atom is -0.302 e. The zero-order valence-corrected chi connectivity index (χ0v) is 19.3. The van der Waals surface area contributed by atoms with Crippen LogP contribution < -0.4 is 15.4 Å². The number of rotatable bonds is 3. The molecule has 8 nitrogen and oxygen atoms in total. The number of carbonyl (C=O) groups is 1. The number of aryl methyl sites for hydroxylation is 1. The SMILES string of the molecule is CCc1cc(=O)n2cc(N3C(=S)N(c4cnc(C#N)c(C(F)(F)F)c4)C(=O)C3(C)C)cc(F)c2n1. The van der Waals surface area contributed by atoms with Crippen molar-refractivity contribution in [2.75, 3.05) is 9.80 Å². The molecule has 0 saturated carbocycles. The Morgan fingerprint density at radius 1 is 1.17 bits per heavy atom. The molecule has 3 aromatic heterocycles. The topological polar surface area (TPSA) is 94.6 Å². The van der Waals surface area contributed by atoms with Gasteiger partial charge in [0.15, 0.2) is 22.3 Å². The molecule has 0 atom stereocenters. The van der Waals surface area contributed by atoms with Gasteiger partial charge >= 0.3 is 6.18 Å². The zero-order chi connectivity index (χ0) is 25.9. The molecular formula is C22H16F4N6O2S. The van der Waals surface area contributed by atoms with Crippen molar-refractivity contribution < 1.29 is 22.4 Å². The van der Waals surface area contributed by atoms with Crippen LogP contribution in [0.1, 0.15) is 37.7 Å². The Morgan fingerprint density at radius 2 is 1.86 bits per heavy atom. The molecule has 0 N–H and O–H groups in total. The summed E-state index contributed by atoms with van der Waals surface area (Å²) < 4.78 is 56.3. The summed E-state index contributed by atoms with van der Waals surface area (Å²) in [5, 5.41) is 8.73. The molecule has 0 spiro atoms. The van der Waals surface area contributed by atoms with Crippen molar-refractivity contribution in [2.45, 2.75) is 38.9 Å². The van der Waals surface area contributed by atoms with Crippen LogP contribution >= 0.6 is 12.2 Å². The molecule has 0 bridgehead atoms. The third-order valence-electron chi connectivity index (χ3n) is 5.59. The first-order valence-electron chi connectivity index (χ1n) is 10.2. The summed E-state index contributed by atoms with van der Waals surface area (Å²) in [6.45, 7) is 4.66. The van der Waals surface area contributed by atoms with Crippen LogP contribution in [0.2, 0.25) is 0 Å². The fraction of sp³-hybridized carbons (Fsp3) is 0.273. The molecule has 35 heavy (non-hydrogen) atoms. The van der Waals surface area contributed by atoms with Gasteiger partial charge in [-0.25, -0.2) is 14.4 Å². The summed E-state index contributed by atoms with van der Waals surface area (Å²) in [6, 6.07) is 4.28. The molecule has 1 saturated heterocycles. The first-order chi connectivity index (χ1) is 16.3. The average molecular weight is 504 g/mol. The molecule has 0 unspecified atom stereocenters. The lowest BCUT2D eigenvalue weighted by molar-refractivity contribution is -0.138. The number of halogens is 4. The van der Waals surface area contributed by atoms with E-state index >= 15 is 4.39 Å². The van der Waals surface area contributed by atoms with Crippen molar-refractivity contribution in [2.24, 2.45) is 0 Å². The molecular weight excluding hydrogens is 488 g/mol. The van der Waals surface area contributed by atoms with Crippen LogP contribution in [-0.4, -0.2) is 30.9 Å². The van der Waals surface area contributed by atoms with E-state index in [0.717, 1.165) is 21.6 Å². The van der Waals surface area contributed by atoms with Crippen LogP contribution in [0.5, 0.6) is 0 Å². The van der Waals surface area contributed by atoms with Crippen molar-refractivity contribution in [3.63, 3.8) is 0 Å². The highest BCUT2D eigenvalue weighted by atomic mass is 32.1. The Kier molecular flexibility index (Phi) is 5.60. The Hall–Kier alpha value is -3.92. The Bertz CT molecular complexity index is 1510. The smallest absolute Gasteiger partial charge is 0.302 e. The maximum atomic E-state index is 15.0. The lowest BCUT2D eigenvalue weighted by Gasteiger charge is -2.29. The van der Waals surface area contributed by atoms with Gasteiger partial charge in [-0.15, -0.1) is 0 Å². The number of fused-ring (bicyclic) bond motifs is 1. The van der Waals surface area contributed by atoms with E-state index in [0.29, 0.717) is 18.2 Å². The van der Waals surface area contributed by atoms with Gasteiger partial charge in [0.1, 0.15) is 11.6 Å². The lowest BCUT2D eigenvalue weighted by atomic mass is 10.0. The number of carbonyl (C=O) groups excluding carboxylic acids is 1. The molecule has 3 aromatic rings. The highest BCUT2D eigenvalue weighted by Crippen LogP contribution is 2.39. The van der Waals surface area contributed by atoms with Crippen molar-refractivity contribution in [3.05, 3.63) is 63.7 Å². The standard InChI is InChI=1S/C22H16F4N6O2S/c1-4-11-5-17(33)30-10-13(7-15(23)18(30)29-11)32-20(35)31(19(34)21(32,2)3)12-6-14(22(24,25)26)16(8-27)28-9-12/h5-7,9-10H,4H2,1-3H3. The van der Waals surface area contributed by atoms with E-state index in [-0.39, 0.29) is 22.1 Å². The molecule has 180 valence electrons. The molecule has 0 aromatic carbocycles. The van der Waals surface area contributed by atoms with E-state index in [4.69, 9.17) is 17.5 Å². The van der Waals surface area contributed by atoms with Gasteiger partial charge in [0.25, 0.3) is 11.5 Å². The average Bonchev–Trinajstić information content (AvgIpc) is 2.96. The maximum Gasteiger partial charge on any atom is 0.419 e. The first kappa shape index (κ1) is 24.2. The number of nitriles is 1. The van der Waals surface area contributed by atoms with Gasteiger partial charge in [0, 0.05) is 24.0 Å². The number of thiocarbonyl (C=S) groups is 1. The van der Waals surface area contributed by atoms with E-state index in [1.54, 1.807) is 6.92 Å². The third-order valence-corrected chi connectivity index (χ3v) is 5.95. The van der Waals surface area contributed by atoms with Crippen LogP contribution in [0.4, 0.5) is 28.9 Å². The van der Waals surface area contributed by atoms with E-state index < -0.39 is 40.3 Å². The van der Waals surface area contributed by atoms with Gasteiger partial charge in [0.2, 0.25) is 0 Å². The van der Waals surface area contributed by atoms with Gasteiger partial charge in [-0.1, -0.05) is 6.92 Å². The second-order valence-corrected chi connectivity index (χ2v) is 8.56. The number of pyridine rings is 2. The predicted octanol–water partition coefficient (Wildman–Crippen LogP) is 3.60. The third kappa shape index (κ3) is 3.79. The minimum absolute atomic E-state index is 0.0200. The number of amides is 1. The summed E-state index contributed by atoms with van der Waals surface area (Å²) in [5.41, 5.74) is -4.31. The second kappa shape index (κ2) is 8.09. The highest BCUT2D eigenvalue weighted by molar-refractivity contribution is 7.81. The largest absolute Gasteiger partial charge is 0.419 e. The van der Waals surface area contributed by atoms with Gasteiger partial charge in [-0.2, -0.15) is 18.4 Å². The van der Waals surface area contributed by atoms with Gasteiger partial charge in [0.05, 0.1) is 23.1 Å². The molecule has 1 fully saturated rings. The summed E-state index contributed by atoms with van der Waals surface area (Å²) in [6.07, 6.45) is -2.30. The number of hydrogen-bond donors (Lipinski definition) is 0. The van der Waals surface area contributed by atoms with E-state index in [9.17, 15) is 22.8 Å². The van der Waals surface area contributed by atoms with E-state index in [2.05, 4.69) is 9.97 Å². The van der Waals surface area contributed by atoms with Crippen LogP contribution in [0.3, 0.4) is 0 Å². The van der Waals surface area contributed by atoms with Gasteiger partial charge < -0.3 is 4.90 Å². The maximum absolute atomic E-state index is 15.0. The molecule has 1 aliphatic rings. The number of hydrogen-bond acceptors (Lipinski definition) is 6. The summed E-state index contributed by atoms with van der Waals surface area (Å²) in [5.74, 6) is -1.56. The molecule has 0 aliphatic carbocycles. The fourth-order valence-corrected chi connectivity index (χ4v) is 4.36. The minimum atomic E-state index is -4.90. The van der Waals surface area contributed by atoms with Crippen LogP contribution in [0, 0.1) is 17.1 Å². The molecule has 13 heteroatoms. The van der Waals surface area contributed by atoms with Gasteiger partial charge in [-0.3, -0.25) is 18.9 Å². The lowest BCUT2D eigenvalue weighted by Crippen LogP contribution is -2.44. The molecule has 1 amide bonds. The number of aromatic nitrogens is 3. The molecule has 1 aliphatic heterocycles. The number of nitrogens with zero attached hydrogens (tertiary/aromatic N) is 6. The summed E-state index contributed by atoms with van der Waals surface area (Å²) >= 11 is 5.42. The second-order valence-electron chi connectivity index (χ2n) is 8.20. The van der Waals surface area contributed by atoms with Crippen LogP contribution in [-0.2, 0) is 17.4 Å². The van der Waals surface area contributed by atoms with E-state index in [1.165, 1.54) is 37.1 Å².